The third kappa shape index (κ3) is 2.89. The molecule has 1 atom stereocenters. The van der Waals surface area contributed by atoms with Crippen molar-refractivity contribution in [1.82, 2.24) is 4.98 Å². The smallest absolute Gasteiger partial charge is 0.0848 e. The molecule has 0 radical (unpaired) electrons. The van der Waals surface area contributed by atoms with Gasteiger partial charge in [-0.2, -0.15) is 0 Å². The number of aromatic nitrogens is 1. The third-order valence-corrected chi connectivity index (χ3v) is 3.36. The molecule has 94 valence electrons. The number of halogens is 1. The van der Waals surface area contributed by atoms with Crippen molar-refractivity contribution < 1.29 is 5.11 Å². The van der Waals surface area contributed by atoms with Gasteiger partial charge in [-0.3, -0.25) is 4.98 Å². The van der Waals surface area contributed by atoms with Crippen LogP contribution in [-0.2, 0) is 6.42 Å². The van der Waals surface area contributed by atoms with Crippen LogP contribution in [0.15, 0.2) is 36.4 Å². The molecule has 1 heterocycles. The van der Waals surface area contributed by atoms with Gasteiger partial charge in [-0.05, 0) is 31.5 Å². The van der Waals surface area contributed by atoms with E-state index in [0.717, 1.165) is 22.5 Å². The monoisotopic (exact) mass is 261 g/mol. The molecule has 0 aliphatic carbocycles. The molecule has 0 amide bonds. The quantitative estimate of drug-likeness (QED) is 0.915. The number of aliphatic hydroxyl groups is 1. The second kappa shape index (κ2) is 5.51. The first-order chi connectivity index (χ1) is 8.58. The second-order valence-electron chi connectivity index (χ2n) is 4.44. The molecule has 0 spiro atoms. The predicted molar refractivity (Wildman–Crippen MR) is 73.8 cm³/mol. The fourth-order valence-corrected chi connectivity index (χ4v) is 2.24. The Balaban J connectivity index is 2.22. The highest BCUT2D eigenvalue weighted by Crippen LogP contribution is 2.24. The van der Waals surface area contributed by atoms with E-state index in [1.807, 2.05) is 50.2 Å². The number of pyridine rings is 1. The van der Waals surface area contributed by atoms with Crippen LogP contribution in [0, 0.1) is 13.8 Å². The van der Waals surface area contributed by atoms with E-state index in [2.05, 4.69) is 4.98 Å². The first-order valence-electron chi connectivity index (χ1n) is 5.93. The highest BCUT2D eigenvalue weighted by molar-refractivity contribution is 6.31. The van der Waals surface area contributed by atoms with Gasteiger partial charge >= 0.3 is 0 Å². The summed E-state index contributed by atoms with van der Waals surface area (Å²) in [4.78, 5) is 4.37. The lowest BCUT2D eigenvalue weighted by atomic mass is 10.00. The Morgan fingerprint density at radius 3 is 2.56 bits per heavy atom. The number of aryl methyl sites for hydroxylation is 2. The molecule has 0 saturated carbocycles. The molecule has 0 fully saturated rings. The predicted octanol–water partition coefficient (Wildman–Crippen LogP) is 3.63. The molecular weight excluding hydrogens is 246 g/mol. The van der Waals surface area contributed by atoms with Gasteiger partial charge in [0.05, 0.1) is 6.10 Å². The van der Waals surface area contributed by atoms with Crippen molar-refractivity contribution in [3.63, 3.8) is 0 Å². The minimum atomic E-state index is -0.571. The van der Waals surface area contributed by atoms with E-state index in [4.69, 9.17) is 11.6 Å². The zero-order valence-electron chi connectivity index (χ0n) is 10.5. The van der Waals surface area contributed by atoms with E-state index in [-0.39, 0.29) is 0 Å². The summed E-state index contributed by atoms with van der Waals surface area (Å²) in [5.41, 5.74) is 3.64. The van der Waals surface area contributed by atoms with E-state index >= 15 is 0 Å². The maximum Gasteiger partial charge on any atom is 0.0848 e. The van der Waals surface area contributed by atoms with Gasteiger partial charge in [0.25, 0.3) is 0 Å². The molecule has 1 N–H and O–H groups in total. The van der Waals surface area contributed by atoms with Crippen LogP contribution in [0.3, 0.4) is 0 Å². The largest absolute Gasteiger partial charge is 0.388 e. The summed E-state index contributed by atoms with van der Waals surface area (Å²) in [6, 6.07) is 11.4. The Morgan fingerprint density at radius 1 is 1.17 bits per heavy atom. The van der Waals surface area contributed by atoms with Crippen molar-refractivity contribution in [2.75, 3.05) is 0 Å². The van der Waals surface area contributed by atoms with Crippen LogP contribution in [0.5, 0.6) is 0 Å². The highest BCUT2D eigenvalue weighted by atomic mass is 35.5. The van der Waals surface area contributed by atoms with E-state index in [1.165, 1.54) is 0 Å². The van der Waals surface area contributed by atoms with E-state index in [0.29, 0.717) is 11.4 Å². The first kappa shape index (κ1) is 13.1. The summed E-state index contributed by atoms with van der Waals surface area (Å²) in [6.45, 7) is 3.86. The van der Waals surface area contributed by atoms with E-state index in [1.54, 1.807) is 0 Å². The molecule has 1 unspecified atom stereocenters. The van der Waals surface area contributed by atoms with Crippen molar-refractivity contribution in [3.8, 4) is 0 Å². The van der Waals surface area contributed by atoms with Gasteiger partial charge in [-0.15, -0.1) is 0 Å². The Kier molecular flexibility index (Phi) is 4.00. The fraction of sp³-hybridized carbons (Fsp3) is 0.267. The molecule has 0 saturated heterocycles. The topological polar surface area (TPSA) is 33.1 Å². The van der Waals surface area contributed by atoms with Gasteiger partial charge in [-0.25, -0.2) is 0 Å². The first-order valence-corrected chi connectivity index (χ1v) is 6.31. The van der Waals surface area contributed by atoms with E-state index in [9.17, 15) is 5.11 Å². The molecule has 0 aliphatic heterocycles. The van der Waals surface area contributed by atoms with Crippen LogP contribution in [0.1, 0.15) is 28.6 Å². The van der Waals surface area contributed by atoms with Crippen molar-refractivity contribution >= 4 is 11.6 Å². The highest BCUT2D eigenvalue weighted by Gasteiger charge is 2.13. The van der Waals surface area contributed by atoms with Gasteiger partial charge < -0.3 is 5.11 Å². The summed E-state index contributed by atoms with van der Waals surface area (Å²) in [6.07, 6.45) is -0.0661. The molecule has 18 heavy (non-hydrogen) atoms. The van der Waals surface area contributed by atoms with Gasteiger partial charge in [0.1, 0.15) is 0 Å². The average Bonchev–Trinajstić information content (AvgIpc) is 2.32. The fourth-order valence-electron chi connectivity index (χ4n) is 2.03. The zero-order chi connectivity index (χ0) is 13.1. The van der Waals surface area contributed by atoms with Crippen LogP contribution in [0.25, 0.3) is 0 Å². The number of hydrogen-bond acceptors (Lipinski definition) is 2. The Bertz CT molecular complexity index is 554. The molecule has 1 aromatic heterocycles. The van der Waals surface area contributed by atoms with E-state index < -0.39 is 6.10 Å². The molecule has 3 heteroatoms. The molecule has 2 nitrogen and oxygen atoms in total. The number of aliphatic hydroxyl groups excluding tert-OH is 1. The Labute approximate surface area is 112 Å². The summed E-state index contributed by atoms with van der Waals surface area (Å²) in [5.74, 6) is 0. The third-order valence-electron chi connectivity index (χ3n) is 3.00. The SMILES string of the molecule is Cc1ccc(C(O)Cc2ccccc2Cl)c(C)n1. The minimum Gasteiger partial charge on any atom is -0.388 e. The molecule has 0 aliphatic rings. The zero-order valence-corrected chi connectivity index (χ0v) is 11.3. The number of benzene rings is 1. The lowest BCUT2D eigenvalue weighted by Crippen LogP contribution is -2.06. The number of hydrogen-bond donors (Lipinski definition) is 1. The number of nitrogens with zero attached hydrogens (tertiary/aromatic N) is 1. The Hall–Kier alpha value is -1.38. The minimum absolute atomic E-state index is 0.505. The van der Waals surface area contributed by atoms with Gasteiger partial charge in [-0.1, -0.05) is 35.9 Å². The lowest BCUT2D eigenvalue weighted by Gasteiger charge is -2.14. The lowest BCUT2D eigenvalue weighted by molar-refractivity contribution is 0.177. The van der Waals surface area contributed by atoms with Crippen LogP contribution >= 0.6 is 11.6 Å². The second-order valence-corrected chi connectivity index (χ2v) is 4.85. The van der Waals surface area contributed by atoms with Crippen LogP contribution in [-0.4, -0.2) is 10.1 Å². The van der Waals surface area contributed by atoms with Gasteiger partial charge in [0.15, 0.2) is 0 Å². The summed E-state index contributed by atoms with van der Waals surface area (Å²) in [5, 5.41) is 11.0. The summed E-state index contributed by atoms with van der Waals surface area (Å²) in [7, 11) is 0. The van der Waals surface area contributed by atoms with Crippen molar-refractivity contribution in [3.05, 3.63) is 63.9 Å². The van der Waals surface area contributed by atoms with Crippen molar-refractivity contribution in [1.29, 1.82) is 0 Å². The summed E-state index contributed by atoms with van der Waals surface area (Å²) < 4.78 is 0. The average molecular weight is 262 g/mol. The van der Waals surface area contributed by atoms with Gasteiger partial charge in [0, 0.05) is 28.4 Å². The maximum atomic E-state index is 10.3. The molecule has 0 bridgehead atoms. The molecule has 2 aromatic rings. The maximum absolute atomic E-state index is 10.3. The van der Waals surface area contributed by atoms with Crippen molar-refractivity contribution in [2.45, 2.75) is 26.4 Å². The normalized spacial score (nSPS) is 12.4. The standard InChI is InChI=1S/C15H16ClNO/c1-10-7-8-13(11(2)17-10)15(18)9-12-5-3-4-6-14(12)16/h3-8,15,18H,9H2,1-2H3. The molecule has 2 rings (SSSR count). The van der Waals surface area contributed by atoms with Gasteiger partial charge in [0.2, 0.25) is 0 Å². The Morgan fingerprint density at radius 2 is 1.89 bits per heavy atom. The van der Waals surface area contributed by atoms with Crippen LogP contribution in [0.2, 0.25) is 5.02 Å². The number of rotatable bonds is 3. The van der Waals surface area contributed by atoms with Crippen LogP contribution < -0.4 is 0 Å². The summed E-state index contributed by atoms with van der Waals surface area (Å²) >= 11 is 6.09. The van der Waals surface area contributed by atoms with Crippen LogP contribution in [0.4, 0.5) is 0 Å². The van der Waals surface area contributed by atoms with Crippen molar-refractivity contribution in [2.24, 2.45) is 0 Å². The molecular formula is C15H16ClNO. The molecule has 1 aromatic carbocycles.